The highest BCUT2D eigenvalue weighted by Gasteiger charge is 2.44. The van der Waals surface area contributed by atoms with Gasteiger partial charge >= 0.3 is 17.9 Å². The molecule has 43 heavy (non-hydrogen) atoms. The van der Waals surface area contributed by atoms with Crippen LogP contribution in [0.3, 0.4) is 0 Å². The third kappa shape index (κ3) is 7.03. The van der Waals surface area contributed by atoms with Crippen molar-refractivity contribution in [3.63, 3.8) is 0 Å². The first-order valence-corrected chi connectivity index (χ1v) is 13.0. The first-order valence-electron chi connectivity index (χ1n) is 13.0. The van der Waals surface area contributed by atoms with Crippen LogP contribution in [-0.4, -0.2) is 45.3 Å². The molecular weight excluding hydrogens is 565 g/mol. The zero-order chi connectivity index (χ0) is 31.1. The first-order chi connectivity index (χ1) is 20.7. The van der Waals surface area contributed by atoms with Crippen LogP contribution in [0.1, 0.15) is 28.5 Å². The average molecular weight is 593 g/mol. The Morgan fingerprint density at radius 2 is 1.23 bits per heavy atom. The van der Waals surface area contributed by atoms with E-state index >= 15 is 0 Å². The molecule has 1 aliphatic rings. The van der Waals surface area contributed by atoms with Crippen LogP contribution in [-0.2, 0) is 33.3 Å². The van der Waals surface area contributed by atoms with Crippen molar-refractivity contribution >= 4 is 23.5 Å². The second-order valence-electron chi connectivity index (χ2n) is 9.40. The molecule has 0 spiro atoms. The number of benzene rings is 3. The van der Waals surface area contributed by atoms with Gasteiger partial charge < -0.3 is 18.9 Å². The minimum absolute atomic E-state index is 0.0957. The van der Waals surface area contributed by atoms with Gasteiger partial charge in [-0.25, -0.2) is 27.6 Å². The Kier molecular flexibility index (Phi) is 9.82. The molecule has 0 saturated heterocycles. The highest BCUT2D eigenvalue weighted by Crippen LogP contribution is 2.47. The molecule has 0 N–H and O–H groups in total. The molecule has 1 aliphatic heterocycles. The van der Waals surface area contributed by atoms with E-state index in [-0.39, 0.29) is 16.9 Å². The van der Waals surface area contributed by atoms with Gasteiger partial charge in [0, 0.05) is 17.9 Å². The third-order valence-corrected chi connectivity index (χ3v) is 6.92. The molecule has 0 aliphatic carbocycles. The highest BCUT2D eigenvalue weighted by molar-refractivity contribution is 6.03. The minimum Gasteiger partial charge on any atom is -0.478 e. The van der Waals surface area contributed by atoms with Crippen molar-refractivity contribution in [2.24, 2.45) is 0 Å². The Bertz CT molecular complexity index is 1570. The van der Waals surface area contributed by atoms with Crippen LogP contribution < -0.4 is 0 Å². The molecule has 10 heteroatoms. The maximum atomic E-state index is 14.0. The van der Waals surface area contributed by atoms with E-state index in [1.807, 2.05) is 0 Å². The molecule has 1 heterocycles. The van der Waals surface area contributed by atoms with Gasteiger partial charge in [0.1, 0.15) is 23.6 Å². The number of rotatable bonds is 8. The summed E-state index contributed by atoms with van der Waals surface area (Å²) in [4.78, 5) is 38.6. The fourth-order valence-corrected chi connectivity index (χ4v) is 4.90. The standard InChI is InChI=1S/C33H27F3O7/c1-40-28(37)17-16-25(19-4-10-22(34)11-5-19)30(33(39)42-3)31-29(21-8-14-24(36)15-9-21)26(18-27(43-31)32(38)41-2)20-6-12-23(35)13-7-20/h4-18,26,29,31H,1-3H3/b17-16+,30-25-/t26-,29-,31-/m1/s1. The normalized spacial score (nSPS) is 18.7. The summed E-state index contributed by atoms with van der Waals surface area (Å²) in [5, 5.41) is 0. The maximum absolute atomic E-state index is 14.0. The van der Waals surface area contributed by atoms with Crippen molar-refractivity contribution in [1.29, 1.82) is 0 Å². The second-order valence-corrected chi connectivity index (χ2v) is 9.40. The van der Waals surface area contributed by atoms with Gasteiger partial charge in [0.05, 0.1) is 26.9 Å². The summed E-state index contributed by atoms with van der Waals surface area (Å²) in [6.07, 6.45) is 2.51. The lowest BCUT2D eigenvalue weighted by Gasteiger charge is -2.38. The van der Waals surface area contributed by atoms with Gasteiger partial charge in [-0.1, -0.05) is 36.4 Å². The number of hydrogen-bond donors (Lipinski definition) is 0. The smallest absolute Gasteiger partial charge is 0.373 e. The number of halogens is 3. The molecule has 7 nitrogen and oxygen atoms in total. The fourth-order valence-electron chi connectivity index (χ4n) is 4.90. The molecule has 0 unspecified atom stereocenters. The van der Waals surface area contributed by atoms with Gasteiger partial charge in [-0.3, -0.25) is 0 Å². The van der Waals surface area contributed by atoms with E-state index in [4.69, 9.17) is 18.9 Å². The Labute approximate surface area is 245 Å². The Balaban J connectivity index is 2.08. The lowest BCUT2D eigenvalue weighted by molar-refractivity contribution is -0.144. The molecule has 3 aromatic carbocycles. The van der Waals surface area contributed by atoms with E-state index in [2.05, 4.69) is 0 Å². The summed E-state index contributed by atoms with van der Waals surface area (Å²) < 4.78 is 62.9. The fraction of sp³-hybridized carbons (Fsp3) is 0.182. The summed E-state index contributed by atoms with van der Waals surface area (Å²) in [5.41, 5.74) is 1.29. The minimum atomic E-state index is -1.32. The number of allylic oxidation sites excluding steroid dienone is 3. The topological polar surface area (TPSA) is 88.1 Å². The Morgan fingerprint density at radius 3 is 1.74 bits per heavy atom. The molecule has 222 valence electrons. The summed E-state index contributed by atoms with van der Waals surface area (Å²) in [7, 11) is 3.46. The van der Waals surface area contributed by atoms with Crippen LogP contribution >= 0.6 is 0 Å². The van der Waals surface area contributed by atoms with Gasteiger partial charge in [0.15, 0.2) is 0 Å². The van der Waals surface area contributed by atoms with E-state index in [0.29, 0.717) is 16.7 Å². The molecule has 0 radical (unpaired) electrons. The van der Waals surface area contributed by atoms with E-state index in [1.54, 1.807) is 0 Å². The highest BCUT2D eigenvalue weighted by atomic mass is 19.1. The molecule has 0 saturated carbocycles. The lowest BCUT2D eigenvalue weighted by atomic mass is 9.73. The van der Waals surface area contributed by atoms with Crippen molar-refractivity contribution in [2.75, 3.05) is 21.3 Å². The number of ether oxygens (including phenoxy) is 4. The predicted octanol–water partition coefficient (Wildman–Crippen LogP) is 5.78. The van der Waals surface area contributed by atoms with Crippen LogP contribution in [0.15, 0.2) is 102 Å². The number of esters is 3. The predicted molar refractivity (Wildman–Crippen MR) is 150 cm³/mol. The SMILES string of the molecule is COC(=O)/C=C/C(=C(/C(=O)OC)[C@@H]1OC(C(=O)OC)=C[C@H](c2ccc(F)cc2)[C@H]1c1ccc(F)cc1)c1ccc(F)cc1. The quantitative estimate of drug-likeness (QED) is 0.142. The molecule has 0 amide bonds. The van der Waals surface area contributed by atoms with Crippen molar-refractivity contribution < 1.29 is 46.5 Å². The van der Waals surface area contributed by atoms with Crippen LogP contribution in [0.4, 0.5) is 13.2 Å². The Hall–Kier alpha value is -5.12. The molecule has 0 bridgehead atoms. The lowest BCUT2D eigenvalue weighted by Crippen LogP contribution is -2.37. The molecule has 0 fully saturated rings. The summed E-state index contributed by atoms with van der Waals surface area (Å²) >= 11 is 0. The number of methoxy groups -OCH3 is 3. The van der Waals surface area contributed by atoms with E-state index in [1.165, 1.54) is 79.9 Å². The van der Waals surface area contributed by atoms with Gasteiger partial charge in [0.25, 0.3) is 0 Å². The van der Waals surface area contributed by atoms with E-state index in [0.717, 1.165) is 32.4 Å². The third-order valence-electron chi connectivity index (χ3n) is 6.92. The van der Waals surface area contributed by atoms with Gasteiger partial charge in [0.2, 0.25) is 5.76 Å². The zero-order valence-electron chi connectivity index (χ0n) is 23.4. The van der Waals surface area contributed by atoms with Crippen molar-refractivity contribution in [3.05, 3.63) is 136 Å². The summed E-state index contributed by atoms with van der Waals surface area (Å²) in [5.74, 6) is -5.89. The molecule has 0 aromatic heterocycles. The maximum Gasteiger partial charge on any atom is 0.373 e. The first kappa shape index (κ1) is 30.8. The average Bonchev–Trinajstić information content (AvgIpc) is 3.03. The number of hydrogen-bond acceptors (Lipinski definition) is 7. The Morgan fingerprint density at radius 1 is 0.698 bits per heavy atom. The van der Waals surface area contributed by atoms with Gasteiger partial charge in [-0.05, 0) is 70.8 Å². The van der Waals surface area contributed by atoms with Gasteiger partial charge in [-0.2, -0.15) is 0 Å². The zero-order valence-corrected chi connectivity index (χ0v) is 23.4. The van der Waals surface area contributed by atoms with Crippen molar-refractivity contribution in [2.45, 2.75) is 17.9 Å². The van der Waals surface area contributed by atoms with Crippen molar-refractivity contribution in [1.82, 2.24) is 0 Å². The van der Waals surface area contributed by atoms with Crippen LogP contribution in [0.2, 0.25) is 0 Å². The van der Waals surface area contributed by atoms with Crippen LogP contribution in [0.25, 0.3) is 5.57 Å². The molecular formula is C33H27F3O7. The monoisotopic (exact) mass is 592 g/mol. The van der Waals surface area contributed by atoms with Crippen LogP contribution in [0.5, 0.6) is 0 Å². The number of carbonyl (C=O) groups is 3. The van der Waals surface area contributed by atoms with Crippen LogP contribution in [0, 0.1) is 17.5 Å². The molecule has 4 rings (SSSR count). The number of carbonyl (C=O) groups excluding carboxylic acids is 3. The van der Waals surface area contributed by atoms with E-state index in [9.17, 15) is 27.6 Å². The summed E-state index contributed by atoms with van der Waals surface area (Å²) in [6, 6.07) is 16.1. The largest absolute Gasteiger partial charge is 0.478 e. The van der Waals surface area contributed by atoms with E-state index < -0.39 is 53.3 Å². The summed E-state index contributed by atoms with van der Waals surface area (Å²) in [6.45, 7) is 0. The molecule has 3 aromatic rings. The second kappa shape index (κ2) is 13.7. The van der Waals surface area contributed by atoms with Crippen molar-refractivity contribution in [3.8, 4) is 0 Å². The van der Waals surface area contributed by atoms with Gasteiger partial charge in [-0.15, -0.1) is 0 Å². The molecule has 3 atom stereocenters.